The highest BCUT2D eigenvalue weighted by Crippen LogP contribution is 2.42. The van der Waals surface area contributed by atoms with Gasteiger partial charge < -0.3 is 0 Å². The molecular weight excluding hydrogens is 1010 g/mol. The molecule has 238 valence electrons. The first kappa shape index (κ1) is 31.9. The lowest BCUT2D eigenvalue weighted by molar-refractivity contribution is 1.62. The van der Waals surface area contributed by atoms with Gasteiger partial charge in [-0.15, -0.1) is 0 Å². The quantitative estimate of drug-likeness (QED) is 0.144. The van der Waals surface area contributed by atoms with E-state index in [1.54, 1.807) is 0 Å². The van der Waals surface area contributed by atoms with E-state index >= 15 is 0 Å². The van der Waals surface area contributed by atoms with Gasteiger partial charge >= 0.3 is 0 Å². The second-order valence-electron chi connectivity index (χ2n) is 13.1. The maximum atomic E-state index is 3.96. The topological polar surface area (TPSA) is 0 Å². The molecule has 0 amide bonds. The molecule has 10 rings (SSSR count). The Kier molecular flexibility index (Phi) is 7.55. The molecule has 0 saturated carbocycles. The minimum absolute atomic E-state index is 1.06. The van der Waals surface area contributed by atoms with Crippen molar-refractivity contribution < 1.29 is 0 Å². The van der Waals surface area contributed by atoms with Crippen LogP contribution in [0.5, 0.6) is 0 Å². The molecule has 0 N–H and O–H groups in total. The second kappa shape index (κ2) is 11.8. The monoisotopic (exact) mass is 1020 g/mol. The molecule has 0 atom stereocenters. The van der Waals surface area contributed by atoms with Gasteiger partial charge in [-0.05, 0) is 282 Å². The molecule has 10 aromatic rings. The highest BCUT2D eigenvalue weighted by Gasteiger charge is 2.14. The van der Waals surface area contributed by atoms with Crippen molar-refractivity contribution in [3.63, 3.8) is 0 Å². The Labute approximate surface area is 337 Å². The predicted molar refractivity (Wildman–Crippen MR) is 238 cm³/mol. The summed E-state index contributed by atoms with van der Waals surface area (Å²) in [7, 11) is 0. The molecule has 6 heteroatoms. The van der Waals surface area contributed by atoms with E-state index in [-0.39, 0.29) is 0 Å². The minimum Gasteiger partial charge on any atom is -0.0501 e. The lowest BCUT2D eigenvalue weighted by Gasteiger charge is -2.13. The fourth-order valence-corrected chi connectivity index (χ4v) is 10.0. The van der Waals surface area contributed by atoms with E-state index in [0.717, 1.165) is 38.0 Å². The zero-order chi connectivity index (χ0) is 34.0. The Morgan fingerprint density at radius 3 is 0.500 bits per heavy atom. The Morgan fingerprint density at radius 2 is 0.300 bits per heavy atom. The first-order valence-electron chi connectivity index (χ1n) is 15.9. The molecule has 0 aliphatic heterocycles. The summed E-state index contributed by atoms with van der Waals surface area (Å²) in [6, 6.07) is 45.6. The molecule has 0 saturated heterocycles. The second-order valence-corrected chi connectivity index (χ2v) is 18.2. The largest absolute Gasteiger partial charge is 0.0501 e. The molecule has 0 heterocycles. The Hall–Kier alpha value is -2.84. The summed E-state index contributed by atoms with van der Waals surface area (Å²) in [5.74, 6) is 0. The zero-order valence-corrected chi connectivity index (χ0v) is 35.3. The van der Waals surface area contributed by atoms with Crippen molar-refractivity contribution in [1.82, 2.24) is 0 Å². The molecule has 0 aromatic heterocycles. The maximum Gasteiger partial charge on any atom is 0.0323 e. The molecule has 0 fully saturated rings. The van der Waals surface area contributed by atoms with Crippen molar-refractivity contribution in [3.8, 4) is 11.1 Å². The fourth-order valence-electron chi connectivity index (χ4n) is 7.46. The van der Waals surface area contributed by atoms with Crippen LogP contribution in [0, 0.1) is 0 Å². The zero-order valence-electron chi connectivity index (χ0n) is 25.8. The molecular formula is C44H20Br6. The van der Waals surface area contributed by atoms with Crippen LogP contribution in [0.2, 0.25) is 0 Å². The van der Waals surface area contributed by atoms with E-state index < -0.39 is 0 Å². The number of halogens is 6. The third-order valence-electron chi connectivity index (χ3n) is 9.95. The van der Waals surface area contributed by atoms with Crippen molar-refractivity contribution in [3.05, 3.63) is 148 Å². The highest BCUT2D eigenvalue weighted by atomic mass is 79.9. The van der Waals surface area contributed by atoms with Gasteiger partial charge in [0, 0.05) is 26.8 Å². The number of rotatable bonds is 1. The molecule has 0 aliphatic carbocycles. The van der Waals surface area contributed by atoms with Gasteiger partial charge in [-0.1, -0.05) is 31.9 Å². The van der Waals surface area contributed by atoms with Gasteiger partial charge in [0.1, 0.15) is 0 Å². The standard InChI is InChI=1S/C44H20Br6/c45-39-15-31-7-23-3-27-11-35-19-43(49)41(47)17-33(35)9-25(27)1-21(23)5-29(31)13-37(39)38-14-30-6-22-2-26-10-34-18-42(48)44(50)20-36(34)12-28(26)4-24(22)8-32(30)16-40(38)46/h1-20H. The number of benzene rings is 10. The van der Waals surface area contributed by atoms with Gasteiger partial charge in [-0.25, -0.2) is 0 Å². The van der Waals surface area contributed by atoms with E-state index in [4.69, 9.17) is 0 Å². The van der Waals surface area contributed by atoms with E-state index in [1.165, 1.54) is 86.2 Å². The smallest absolute Gasteiger partial charge is 0.0323 e. The van der Waals surface area contributed by atoms with Gasteiger partial charge in [0.05, 0.1) is 0 Å². The summed E-state index contributed by atoms with van der Waals surface area (Å²) in [6.07, 6.45) is 0. The van der Waals surface area contributed by atoms with Gasteiger partial charge in [-0.2, -0.15) is 0 Å². The van der Waals surface area contributed by atoms with Gasteiger partial charge in [0.2, 0.25) is 0 Å². The molecule has 0 bridgehead atoms. The van der Waals surface area contributed by atoms with Crippen molar-refractivity contribution in [2.24, 2.45) is 0 Å². The van der Waals surface area contributed by atoms with Crippen molar-refractivity contribution in [1.29, 1.82) is 0 Å². The molecule has 0 nitrogen and oxygen atoms in total. The van der Waals surface area contributed by atoms with Crippen LogP contribution in [0.15, 0.2) is 148 Å². The van der Waals surface area contributed by atoms with Crippen molar-refractivity contribution in [2.75, 3.05) is 0 Å². The molecule has 10 aromatic carbocycles. The summed E-state index contributed by atoms with van der Waals surface area (Å²) >= 11 is 22.6. The van der Waals surface area contributed by atoms with Crippen LogP contribution in [-0.2, 0) is 0 Å². The average molecular weight is 1030 g/mol. The van der Waals surface area contributed by atoms with Gasteiger partial charge in [-0.3, -0.25) is 0 Å². The lowest BCUT2D eigenvalue weighted by atomic mass is 9.94. The summed E-state index contributed by atoms with van der Waals surface area (Å²) in [5.41, 5.74) is 2.32. The fraction of sp³-hybridized carbons (Fsp3) is 0. The molecule has 0 radical (unpaired) electrons. The summed E-state index contributed by atoms with van der Waals surface area (Å²) in [4.78, 5) is 0. The van der Waals surface area contributed by atoms with Crippen LogP contribution >= 0.6 is 95.6 Å². The average Bonchev–Trinajstić information content (AvgIpc) is 3.07. The van der Waals surface area contributed by atoms with Crippen LogP contribution in [0.3, 0.4) is 0 Å². The summed E-state index contributed by atoms with van der Waals surface area (Å²) in [5, 5.41) is 19.6. The number of fused-ring (bicyclic) bond motifs is 8. The lowest BCUT2D eigenvalue weighted by Crippen LogP contribution is -1.87. The van der Waals surface area contributed by atoms with Gasteiger partial charge in [0.15, 0.2) is 0 Å². The molecule has 0 spiro atoms. The number of hydrogen-bond acceptors (Lipinski definition) is 0. The Balaban J connectivity index is 1.11. The van der Waals surface area contributed by atoms with E-state index in [0.29, 0.717) is 0 Å². The predicted octanol–water partition coefficient (Wildman–Crippen LogP) is 17.2. The number of hydrogen-bond donors (Lipinski definition) is 0. The molecule has 50 heavy (non-hydrogen) atoms. The summed E-state index contributed by atoms with van der Waals surface area (Å²) < 4.78 is 6.39. The van der Waals surface area contributed by atoms with E-state index in [1.807, 2.05) is 0 Å². The van der Waals surface area contributed by atoms with E-state index in [9.17, 15) is 0 Å². The van der Waals surface area contributed by atoms with Crippen molar-refractivity contribution in [2.45, 2.75) is 0 Å². The Bertz CT molecular complexity index is 2950. The third kappa shape index (κ3) is 5.28. The van der Waals surface area contributed by atoms with E-state index in [2.05, 4.69) is 217 Å². The van der Waals surface area contributed by atoms with Crippen LogP contribution < -0.4 is 0 Å². The van der Waals surface area contributed by atoms with Crippen molar-refractivity contribution >= 4 is 182 Å². The van der Waals surface area contributed by atoms with Crippen LogP contribution in [-0.4, -0.2) is 0 Å². The Morgan fingerprint density at radius 1 is 0.160 bits per heavy atom. The maximum absolute atomic E-state index is 3.96. The van der Waals surface area contributed by atoms with Crippen LogP contribution in [0.4, 0.5) is 0 Å². The van der Waals surface area contributed by atoms with Crippen LogP contribution in [0.25, 0.3) is 97.3 Å². The highest BCUT2D eigenvalue weighted by molar-refractivity contribution is 9.13. The normalized spacial score (nSPS) is 12.2. The first-order valence-corrected chi connectivity index (χ1v) is 20.7. The SMILES string of the molecule is Brc1cc2cc3cc4cc5cc(Br)c(-c6cc7cc8cc9cc%10cc(Br)c(Br)cc%10cc9cc8cc7cc6Br)cc5cc4cc3cc2cc1Br. The minimum atomic E-state index is 1.06. The van der Waals surface area contributed by atoms with Crippen LogP contribution in [0.1, 0.15) is 0 Å². The first-order chi connectivity index (χ1) is 24.1. The molecule has 0 unspecified atom stereocenters. The molecule has 0 aliphatic rings. The van der Waals surface area contributed by atoms with Gasteiger partial charge in [0.25, 0.3) is 0 Å². The summed E-state index contributed by atoms with van der Waals surface area (Å²) in [6.45, 7) is 0. The third-order valence-corrected chi connectivity index (χ3v) is 15.0.